The second-order valence-corrected chi connectivity index (χ2v) is 2.56. The maximum Gasteiger partial charge on any atom is 0.147 e. The third-order valence-electron chi connectivity index (χ3n) is 1.74. The van der Waals surface area contributed by atoms with Crippen LogP contribution in [0, 0.1) is 17.2 Å². The Bertz CT molecular complexity index is 225. The quantitative estimate of drug-likeness (QED) is 0.683. The normalized spacial score (nSPS) is 13.3. The third-order valence-corrected chi connectivity index (χ3v) is 1.74. The molecule has 1 N–H and O–H groups in total. The molecule has 0 heterocycles. The van der Waals surface area contributed by atoms with Crippen molar-refractivity contribution in [1.82, 2.24) is 5.32 Å². The van der Waals surface area contributed by atoms with E-state index in [0.717, 1.165) is 5.70 Å². The van der Waals surface area contributed by atoms with Crippen molar-refractivity contribution in [2.45, 2.75) is 20.3 Å². The van der Waals surface area contributed by atoms with Gasteiger partial charge in [-0.3, -0.25) is 4.79 Å². The Balaban J connectivity index is 4.23. The van der Waals surface area contributed by atoms with Gasteiger partial charge in [-0.25, -0.2) is 0 Å². The summed E-state index contributed by atoms with van der Waals surface area (Å²) in [5.74, 6) is -0.587. The molecule has 0 amide bonds. The summed E-state index contributed by atoms with van der Waals surface area (Å²) in [7, 11) is 1.78. The predicted octanol–water partition coefficient (Wildman–Crippen LogP) is 1.23. The first kappa shape index (κ1) is 10.7. The predicted molar refractivity (Wildman–Crippen MR) is 47.2 cm³/mol. The molecule has 0 fully saturated rings. The molecule has 0 aromatic heterocycles. The number of allylic oxidation sites excluding steroid dienone is 2. The van der Waals surface area contributed by atoms with E-state index in [1.54, 1.807) is 7.05 Å². The van der Waals surface area contributed by atoms with Crippen molar-refractivity contribution in [2.75, 3.05) is 7.05 Å². The summed E-state index contributed by atoms with van der Waals surface area (Å²) in [6, 6.07) is 1.97. The molecule has 0 aromatic rings. The van der Waals surface area contributed by atoms with Crippen LogP contribution in [0.15, 0.2) is 11.8 Å². The number of rotatable bonds is 4. The van der Waals surface area contributed by atoms with Crippen LogP contribution >= 0.6 is 0 Å². The van der Waals surface area contributed by atoms with Gasteiger partial charge in [0.25, 0.3) is 0 Å². The monoisotopic (exact) mass is 166 g/mol. The van der Waals surface area contributed by atoms with Crippen LogP contribution in [0.1, 0.15) is 20.3 Å². The van der Waals surface area contributed by atoms with Crippen molar-refractivity contribution in [2.24, 2.45) is 5.92 Å². The molecule has 1 unspecified atom stereocenters. The lowest BCUT2D eigenvalue weighted by Crippen LogP contribution is -2.15. The van der Waals surface area contributed by atoms with E-state index in [-0.39, 0.29) is 5.78 Å². The maximum absolute atomic E-state index is 10.9. The molecule has 1 atom stereocenters. The molecule has 0 aromatic carbocycles. The first-order chi connectivity index (χ1) is 5.65. The Morgan fingerprint density at radius 2 is 2.33 bits per heavy atom. The van der Waals surface area contributed by atoms with Crippen molar-refractivity contribution in [1.29, 1.82) is 5.26 Å². The number of carbonyl (C=O) groups excluding carboxylic acids is 1. The first-order valence-electron chi connectivity index (χ1n) is 3.88. The van der Waals surface area contributed by atoms with Crippen molar-refractivity contribution in [3.8, 4) is 6.07 Å². The fraction of sp³-hybridized carbons (Fsp3) is 0.556. The van der Waals surface area contributed by atoms with Crippen molar-refractivity contribution < 1.29 is 4.79 Å². The second-order valence-electron chi connectivity index (χ2n) is 2.56. The molecular formula is C9H14N2O. The molecule has 12 heavy (non-hydrogen) atoms. The van der Waals surface area contributed by atoms with Gasteiger partial charge >= 0.3 is 0 Å². The van der Waals surface area contributed by atoms with Gasteiger partial charge in [0.15, 0.2) is 0 Å². The van der Waals surface area contributed by atoms with Gasteiger partial charge < -0.3 is 5.32 Å². The van der Waals surface area contributed by atoms with E-state index in [2.05, 4.69) is 5.32 Å². The second kappa shape index (κ2) is 5.36. The van der Waals surface area contributed by atoms with Gasteiger partial charge in [-0.2, -0.15) is 5.26 Å². The fourth-order valence-electron chi connectivity index (χ4n) is 0.864. The molecule has 0 saturated carbocycles. The van der Waals surface area contributed by atoms with E-state index < -0.39 is 5.92 Å². The zero-order chi connectivity index (χ0) is 9.56. The Morgan fingerprint density at radius 3 is 2.58 bits per heavy atom. The molecule has 0 bridgehead atoms. The van der Waals surface area contributed by atoms with Gasteiger partial charge in [-0.05, 0) is 13.8 Å². The molecule has 66 valence electrons. The Morgan fingerprint density at radius 1 is 1.75 bits per heavy atom. The number of hydrogen-bond donors (Lipinski definition) is 1. The highest BCUT2D eigenvalue weighted by molar-refractivity contribution is 5.80. The Kier molecular flexibility index (Phi) is 4.78. The van der Waals surface area contributed by atoms with Crippen LogP contribution in [0.5, 0.6) is 0 Å². The number of Topliss-reactive ketones (excluding diaryl/α,β-unsaturated/α-hetero) is 1. The molecule has 0 rings (SSSR count). The lowest BCUT2D eigenvalue weighted by atomic mass is 10.0. The minimum absolute atomic E-state index is 0.0768. The van der Waals surface area contributed by atoms with Crippen molar-refractivity contribution >= 4 is 5.78 Å². The molecule has 0 aliphatic carbocycles. The van der Waals surface area contributed by atoms with Gasteiger partial charge in [0.2, 0.25) is 0 Å². The van der Waals surface area contributed by atoms with E-state index in [1.165, 1.54) is 6.92 Å². The van der Waals surface area contributed by atoms with Crippen LogP contribution in [0.3, 0.4) is 0 Å². The van der Waals surface area contributed by atoms with Gasteiger partial charge in [0.05, 0.1) is 6.07 Å². The minimum Gasteiger partial charge on any atom is -0.392 e. The van der Waals surface area contributed by atoms with E-state index in [1.807, 2.05) is 19.1 Å². The van der Waals surface area contributed by atoms with Crippen LogP contribution < -0.4 is 5.32 Å². The molecule has 0 spiro atoms. The van der Waals surface area contributed by atoms with Crippen LogP contribution in [0.4, 0.5) is 0 Å². The molecule has 0 aliphatic rings. The number of carbonyl (C=O) groups is 1. The standard InChI is InChI=1S/C9H14N2O/c1-4-9(11-3)5-8(6-10)7(2)12/h4,8,11H,5H2,1-3H3/b9-4+. The van der Waals surface area contributed by atoms with Crippen LogP contribution in [0.25, 0.3) is 0 Å². The lowest BCUT2D eigenvalue weighted by Gasteiger charge is -2.08. The van der Waals surface area contributed by atoms with Gasteiger partial charge in [-0.15, -0.1) is 0 Å². The highest BCUT2D eigenvalue weighted by Crippen LogP contribution is 2.09. The molecule has 0 saturated heterocycles. The van der Waals surface area contributed by atoms with Gasteiger partial charge in [0.1, 0.15) is 11.7 Å². The van der Waals surface area contributed by atoms with E-state index in [0.29, 0.717) is 6.42 Å². The number of nitrogens with zero attached hydrogens (tertiary/aromatic N) is 1. The fourth-order valence-corrected chi connectivity index (χ4v) is 0.864. The van der Waals surface area contributed by atoms with Gasteiger partial charge in [0, 0.05) is 19.2 Å². The zero-order valence-corrected chi connectivity index (χ0v) is 7.72. The number of hydrogen-bond acceptors (Lipinski definition) is 3. The first-order valence-corrected chi connectivity index (χ1v) is 3.88. The van der Waals surface area contributed by atoms with Crippen LogP contribution in [-0.2, 0) is 4.79 Å². The van der Waals surface area contributed by atoms with E-state index >= 15 is 0 Å². The van der Waals surface area contributed by atoms with Crippen molar-refractivity contribution in [3.63, 3.8) is 0 Å². The average Bonchev–Trinajstić information content (AvgIpc) is 2.06. The van der Waals surface area contributed by atoms with Gasteiger partial charge in [-0.1, -0.05) is 6.08 Å². The zero-order valence-electron chi connectivity index (χ0n) is 7.72. The Hall–Kier alpha value is -1.30. The summed E-state index contributed by atoms with van der Waals surface area (Å²) < 4.78 is 0. The number of ketones is 1. The molecule has 0 radical (unpaired) electrons. The third kappa shape index (κ3) is 3.20. The average molecular weight is 166 g/mol. The van der Waals surface area contributed by atoms with Crippen molar-refractivity contribution in [3.05, 3.63) is 11.8 Å². The van der Waals surface area contributed by atoms with E-state index in [9.17, 15) is 4.79 Å². The molecular weight excluding hydrogens is 152 g/mol. The highest BCUT2D eigenvalue weighted by Gasteiger charge is 2.13. The minimum atomic E-state index is -0.511. The summed E-state index contributed by atoms with van der Waals surface area (Å²) in [4.78, 5) is 10.9. The number of nitriles is 1. The largest absolute Gasteiger partial charge is 0.392 e. The topological polar surface area (TPSA) is 52.9 Å². The smallest absolute Gasteiger partial charge is 0.147 e. The van der Waals surface area contributed by atoms with E-state index in [4.69, 9.17) is 5.26 Å². The molecule has 3 heteroatoms. The summed E-state index contributed by atoms with van der Waals surface area (Å²) >= 11 is 0. The summed E-state index contributed by atoms with van der Waals surface area (Å²) in [5, 5.41) is 11.5. The van der Waals surface area contributed by atoms with Crippen LogP contribution in [-0.4, -0.2) is 12.8 Å². The summed E-state index contributed by atoms with van der Waals surface area (Å²) in [6.45, 7) is 3.32. The molecule has 3 nitrogen and oxygen atoms in total. The van der Waals surface area contributed by atoms with Crippen LogP contribution in [0.2, 0.25) is 0 Å². The summed E-state index contributed by atoms with van der Waals surface area (Å²) in [6.07, 6.45) is 2.35. The summed E-state index contributed by atoms with van der Waals surface area (Å²) in [5.41, 5.74) is 0.928. The lowest BCUT2D eigenvalue weighted by molar-refractivity contribution is -0.119. The maximum atomic E-state index is 10.9. The molecule has 0 aliphatic heterocycles. The number of nitrogens with one attached hydrogen (secondary N) is 1. The Labute approximate surface area is 73.1 Å². The SMILES string of the molecule is C/C=C(\CC(C#N)C(C)=O)NC. The highest BCUT2D eigenvalue weighted by atomic mass is 16.1.